The third-order valence-electron chi connectivity index (χ3n) is 4.85. The second-order valence-corrected chi connectivity index (χ2v) is 8.35. The number of carbonyl (C=O) groups is 1. The number of amides is 1. The maximum atomic E-state index is 12.9. The summed E-state index contributed by atoms with van der Waals surface area (Å²) in [5.41, 5.74) is 1.31. The Hall–Kier alpha value is -1.40. The summed E-state index contributed by atoms with van der Waals surface area (Å²) in [7, 11) is -3.56. The standard InChI is InChI=1S/C18H28N2O3S/c1-5-19(6-2)24(22,23)16-11-10-14(3)17(13-16)18(21)20-12-8-7-9-15(20)4/h10-11,13,15H,5-9,12H2,1-4H3. The Balaban J connectivity index is 2.40. The van der Waals surface area contributed by atoms with Crippen molar-refractivity contribution in [2.45, 2.75) is 57.9 Å². The van der Waals surface area contributed by atoms with E-state index in [1.165, 1.54) is 4.31 Å². The van der Waals surface area contributed by atoms with Gasteiger partial charge in [0.2, 0.25) is 10.0 Å². The van der Waals surface area contributed by atoms with Crippen molar-refractivity contribution in [1.82, 2.24) is 9.21 Å². The number of aryl methyl sites for hydroxylation is 1. The number of likely N-dealkylation sites (tertiary alicyclic amines) is 1. The van der Waals surface area contributed by atoms with Gasteiger partial charge >= 0.3 is 0 Å². The van der Waals surface area contributed by atoms with Crippen LogP contribution in [0.15, 0.2) is 23.1 Å². The van der Waals surface area contributed by atoms with E-state index in [2.05, 4.69) is 6.92 Å². The van der Waals surface area contributed by atoms with Crippen LogP contribution in [0, 0.1) is 6.92 Å². The van der Waals surface area contributed by atoms with Crippen LogP contribution in [0.1, 0.15) is 56.0 Å². The topological polar surface area (TPSA) is 57.7 Å². The Labute approximate surface area is 145 Å². The fourth-order valence-corrected chi connectivity index (χ4v) is 4.74. The van der Waals surface area contributed by atoms with Gasteiger partial charge in [-0.1, -0.05) is 19.9 Å². The van der Waals surface area contributed by atoms with E-state index in [1.54, 1.807) is 18.2 Å². The SMILES string of the molecule is CCN(CC)S(=O)(=O)c1ccc(C)c(C(=O)N2CCCCC2C)c1. The zero-order valence-corrected chi connectivity index (χ0v) is 15.9. The molecule has 1 amide bonds. The summed E-state index contributed by atoms with van der Waals surface area (Å²) < 4.78 is 26.9. The molecule has 1 unspecified atom stereocenters. The average molecular weight is 353 g/mol. The minimum Gasteiger partial charge on any atom is -0.336 e. The zero-order valence-electron chi connectivity index (χ0n) is 15.1. The first-order valence-electron chi connectivity index (χ1n) is 8.74. The van der Waals surface area contributed by atoms with Crippen molar-refractivity contribution in [3.05, 3.63) is 29.3 Å². The summed E-state index contributed by atoms with van der Waals surface area (Å²) in [6.07, 6.45) is 3.15. The predicted octanol–water partition coefficient (Wildman–Crippen LogP) is 3.04. The van der Waals surface area contributed by atoms with Crippen molar-refractivity contribution in [2.75, 3.05) is 19.6 Å². The molecular formula is C18H28N2O3S. The van der Waals surface area contributed by atoms with Crippen molar-refractivity contribution >= 4 is 15.9 Å². The van der Waals surface area contributed by atoms with E-state index in [4.69, 9.17) is 0 Å². The van der Waals surface area contributed by atoms with E-state index in [-0.39, 0.29) is 16.8 Å². The number of hydrogen-bond donors (Lipinski definition) is 0. The minimum atomic E-state index is -3.56. The molecule has 1 aliphatic heterocycles. The number of rotatable bonds is 5. The third kappa shape index (κ3) is 3.64. The van der Waals surface area contributed by atoms with Crippen LogP contribution in [0.2, 0.25) is 0 Å². The Kier molecular flexibility index (Phi) is 6.04. The van der Waals surface area contributed by atoms with Crippen LogP contribution in [-0.4, -0.2) is 49.2 Å². The molecule has 0 N–H and O–H groups in total. The van der Waals surface area contributed by atoms with Gasteiger partial charge < -0.3 is 4.90 Å². The fraction of sp³-hybridized carbons (Fsp3) is 0.611. The lowest BCUT2D eigenvalue weighted by molar-refractivity contribution is 0.0634. The van der Waals surface area contributed by atoms with E-state index >= 15 is 0 Å². The first-order valence-corrected chi connectivity index (χ1v) is 10.2. The van der Waals surface area contributed by atoms with E-state index in [1.807, 2.05) is 25.7 Å². The average Bonchev–Trinajstić information content (AvgIpc) is 2.55. The van der Waals surface area contributed by atoms with Crippen LogP contribution in [-0.2, 0) is 10.0 Å². The highest BCUT2D eigenvalue weighted by Crippen LogP contribution is 2.24. The van der Waals surface area contributed by atoms with Gasteiger partial charge in [-0.05, 0) is 50.8 Å². The summed E-state index contributed by atoms with van der Waals surface area (Å²) >= 11 is 0. The molecule has 0 aliphatic carbocycles. The van der Waals surface area contributed by atoms with E-state index in [9.17, 15) is 13.2 Å². The lowest BCUT2D eigenvalue weighted by Gasteiger charge is -2.34. The molecule has 0 saturated carbocycles. The summed E-state index contributed by atoms with van der Waals surface area (Å²) in [5, 5.41) is 0. The number of nitrogens with zero attached hydrogens (tertiary/aromatic N) is 2. The normalized spacial score (nSPS) is 18.9. The Bertz CT molecular complexity index is 696. The summed E-state index contributed by atoms with van der Waals surface area (Å²) in [6, 6.07) is 5.08. The van der Waals surface area contributed by atoms with E-state index in [0.717, 1.165) is 31.4 Å². The predicted molar refractivity (Wildman–Crippen MR) is 95.6 cm³/mol. The molecular weight excluding hydrogens is 324 g/mol. The lowest BCUT2D eigenvalue weighted by atomic mass is 10.0. The first-order chi connectivity index (χ1) is 11.3. The highest BCUT2D eigenvalue weighted by Gasteiger charge is 2.28. The Morgan fingerprint density at radius 1 is 1.25 bits per heavy atom. The first kappa shape index (κ1) is 18.9. The zero-order chi connectivity index (χ0) is 17.9. The molecule has 2 rings (SSSR count). The van der Waals surface area contributed by atoms with Gasteiger partial charge in [0, 0.05) is 31.2 Å². The van der Waals surface area contributed by atoms with E-state index in [0.29, 0.717) is 18.7 Å². The van der Waals surface area contributed by atoms with Crippen molar-refractivity contribution in [3.63, 3.8) is 0 Å². The second-order valence-electron chi connectivity index (χ2n) is 6.41. The molecule has 5 nitrogen and oxygen atoms in total. The number of piperidine rings is 1. The van der Waals surface area contributed by atoms with Gasteiger partial charge in [-0.25, -0.2) is 8.42 Å². The molecule has 1 aliphatic rings. The Morgan fingerprint density at radius 3 is 2.50 bits per heavy atom. The van der Waals surface area contributed by atoms with Crippen molar-refractivity contribution in [3.8, 4) is 0 Å². The highest BCUT2D eigenvalue weighted by atomic mass is 32.2. The summed E-state index contributed by atoms with van der Waals surface area (Å²) in [5.74, 6) is -0.0590. The number of sulfonamides is 1. The van der Waals surface area contributed by atoms with Crippen LogP contribution in [0.4, 0.5) is 0 Å². The summed E-state index contributed by atoms with van der Waals surface area (Å²) in [6.45, 7) is 9.12. The Morgan fingerprint density at radius 2 is 1.92 bits per heavy atom. The molecule has 6 heteroatoms. The van der Waals surface area contributed by atoms with E-state index < -0.39 is 10.0 Å². The van der Waals surface area contributed by atoms with Crippen LogP contribution < -0.4 is 0 Å². The van der Waals surface area contributed by atoms with Gasteiger partial charge in [0.25, 0.3) is 5.91 Å². The highest BCUT2D eigenvalue weighted by molar-refractivity contribution is 7.89. The largest absolute Gasteiger partial charge is 0.336 e. The fourth-order valence-electron chi connectivity index (χ4n) is 3.26. The molecule has 1 aromatic carbocycles. The van der Waals surface area contributed by atoms with Crippen LogP contribution in [0.5, 0.6) is 0 Å². The van der Waals surface area contributed by atoms with Crippen LogP contribution >= 0.6 is 0 Å². The maximum Gasteiger partial charge on any atom is 0.254 e. The number of benzene rings is 1. The van der Waals surface area contributed by atoms with Gasteiger partial charge in [-0.3, -0.25) is 4.79 Å². The second kappa shape index (κ2) is 7.66. The number of hydrogen-bond acceptors (Lipinski definition) is 3. The molecule has 24 heavy (non-hydrogen) atoms. The monoisotopic (exact) mass is 352 g/mol. The van der Waals surface area contributed by atoms with Gasteiger partial charge in [0.05, 0.1) is 4.90 Å². The van der Waals surface area contributed by atoms with Crippen molar-refractivity contribution in [2.24, 2.45) is 0 Å². The molecule has 0 bridgehead atoms. The smallest absolute Gasteiger partial charge is 0.254 e. The third-order valence-corrected chi connectivity index (χ3v) is 6.89. The molecule has 1 heterocycles. The molecule has 134 valence electrons. The molecule has 1 atom stereocenters. The van der Waals surface area contributed by atoms with Gasteiger partial charge in [0.1, 0.15) is 0 Å². The van der Waals surface area contributed by atoms with Crippen molar-refractivity contribution in [1.29, 1.82) is 0 Å². The molecule has 0 aromatic heterocycles. The quantitative estimate of drug-likeness (QED) is 0.818. The van der Waals surface area contributed by atoms with Gasteiger partial charge in [-0.2, -0.15) is 4.31 Å². The minimum absolute atomic E-state index is 0.0590. The van der Waals surface area contributed by atoms with Crippen LogP contribution in [0.3, 0.4) is 0 Å². The molecule has 1 fully saturated rings. The summed E-state index contributed by atoms with van der Waals surface area (Å²) in [4.78, 5) is 15.0. The van der Waals surface area contributed by atoms with Gasteiger partial charge in [-0.15, -0.1) is 0 Å². The number of carbonyl (C=O) groups excluding carboxylic acids is 1. The van der Waals surface area contributed by atoms with Crippen molar-refractivity contribution < 1.29 is 13.2 Å². The maximum absolute atomic E-state index is 12.9. The molecule has 1 saturated heterocycles. The molecule has 0 spiro atoms. The molecule has 1 aromatic rings. The van der Waals surface area contributed by atoms with Crippen LogP contribution in [0.25, 0.3) is 0 Å². The van der Waals surface area contributed by atoms with Gasteiger partial charge in [0.15, 0.2) is 0 Å². The lowest BCUT2D eigenvalue weighted by Crippen LogP contribution is -2.42. The molecule has 0 radical (unpaired) electrons.